The van der Waals surface area contributed by atoms with E-state index in [2.05, 4.69) is 20.6 Å². The van der Waals surface area contributed by atoms with Gasteiger partial charge < -0.3 is 15.6 Å². The molecule has 3 aromatic rings. The SMILES string of the molecule is CC(C)NC(=O)c1c[nH]c2ncc(NC(=O)c3cccc(C(F)(F)F)c3)cc12. The van der Waals surface area contributed by atoms with Crippen molar-refractivity contribution in [1.29, 1.82) is 0 Å². The van der Waals surface area contributed by atoms with Crippen LogP contribution in [0.1, 0.15) is 40.1 Å². The highest BCUT2D eigenvalue weighted by Gasteiger charge is 2.30. The topological polar surface area (TPSA) is 86.9 Å². The predicted octanol–water partition coefficient (Wildman–Crippen LogP) is 3.97. The van der Waals surface area contributed by atoms with Crippen LogP contribution in [0.2, 0.25) is 0 Å². The first-order valence-electron chi connectivity index (χ1n) is 8.42. The van der Waals surface area contributed by atoms with E-state index < -0.39 is 17.6 Å². The number of hydrogen-bond donors (Lipinski definition) is 3. The molecule has 1 aromatic carbocycles. The molecule has 0 aliphatic heterocycles. The van der Waals surface area contributed by atoms with Gasteiger partial charge in [0, 0.05) is 23.2 Å². The standard InChI is InChI=1S/C19H17F3N4O2/c1-10(2)25-18(28)15-9-24-16-14(15)7-13(8-23-16)26-17(27)11-4-3-5-12(6-11)19(20,21)22/h3-10H,1-2H3,(H,23,24)(H,25,28)(H,26,27). The molecular formula is C19H17F3N4O2. The summed E-state index contributed by atoms with van der Waals surface area (Å²) >= 11 is 0. The Hall–Kier alpha value is -3.36. The van der Waals surface area contributed by atoms with Crippen LogP contribution in [0.4, 0.5) is 18.9 Å². The van der Waals surface area contributed by atoms with E-state index in [-0.39, 0.29) is 23.2 Å². The first-order valence-corrected chi connectivity index (χ1v) is 8.42. The Balaban J connectivity index is 1.86. The fraction of sp³-hybridized carbons (Fsp3) is 0.211. The van der Waals surface area contributed by atoms with Crippen molar-refractivity contribution in [3.63, 3.8) is 0 Å². The molecule has 3 rings (SSSR count). The molecule has 6 nitrogen and oxygen atoms in total. The summed E-state index contributed by atoms with van der Waals surface area (Å²) < 4.78 is 38.5. The summed E-state index contributed by atoms with van der Waals surface area (Å²) in [7, 11) is 0. The van der Waals surface area contributed by atoms with Gasteiger partial charge in [0.25, 0.3) is 11.8 Å². The van der Waals surface area contributed by atoms with Gasteiger partial charge in [-0.3, -0.25) is 9.59 Å². The highest BCUT2D eigenvalue weighted by molar-refractivity contribution is 6.08. The Morgan fingerprint density at radius 3 is 2.57 bits per heavy atom. The minimum atomic E-state index is -4.54. The number of nitrogens with zero attached hydrogens (tertiary/aromatic N) is 1. The number of fused-ring (bicyclic) bond motifs is 1. The third-order valence-electron chi connectivity index (χ3n) is 3.91. The highest BCUT2D eigenvalue weighted by Crippen LogP contribution is 2.29. The minimum absolute atomic E-state index is 0.0609. The molecule has 0 atom stereocenters. The molecular weight excluding hydrogens is 373 g/mol. The third kappa shape index (κ3) is 4.13. The maximum atomic E-state index is 12.8. The zero-order chi connectivity index (χ0) is 20.5. The van der Waals surface area contributed by atoms with Crippen molar-refractivity contribution in [3.8, 4) is 0 Å². The summed E-state index contributed by atoms with van der Waals surface area (Å²) in [6.07, 6.45) is -1.68. The third-order valence-corrected chi connectivity index (χ3v) is 3.91. The summed E-state index contributed by atoms with van der Waals surface area (Å²) in [5.41, 5.74) is 0.0132. The highest BCUT2D eigenvalue weighted by atomic mass is 19.4. The minimum Gasteiger partial charge on any atom is -0.350 e. The molecule has 0 radical (unpaired) electrons. The van der Waals surface area contributed by atoms with Crippen LogP contribution in [-0.2, 0) is 6.18 Å². The van der Waals surface area contributed by atoms with Crippen LogP contribution in [0, 0.1) is 0 Å². The number of rotatable bonds is 4. The zero-order valence-electron chi connectivity index (χ0n) is 15.0. The van der Waals surface area contributed by atoms with Gasteiger partial charge in [-0.05, 0) is 38.1 Å². The quantitative estimate of drug-likeness (QED) is 0.630. The summed E-state index contributed by atoms with van der Waals surface area (Å²) in [6.45, 7) is 3.65. The van der Waals surface area contributed by atoms with Crippen molar-refractivity contribution in [2.45, 2.75) is 26.1 Å². The van der Waals surface area contributed by atoms with Crippen molar-refractivity contribution < 1.29 is 22.8 Å². The van der Waals surface area contributed by atoms with Crippen LogP contribution in [0.15, 0.2) is 42.7 Å². The number of halogens is 3. The molecule has 0 unspecified atom stereocenters. The lowest BCUT2D eigenvalue weighted by molar-refractivity contribution is -0.137. The summed E-state index contributed by atoms with van der Waals surface area (Å²) in [4.78, 5) is 31.6. The number of benzene rings is 1. The number of carbonyl (C=O) groups excluding carboxylic acids is 2. The van der Waals surface area contributed by atoms with Gasteiger partial charge in [0.15, 0.2) is 0 Å². The van der Waals surface area contributed by atoms with Crippen LogP contribution in [0.25, 0.3) is 11.0 Å². The van der Waals surface area contributed by atoms with Gasteiger partial charge in [-0.15, -0.1) is 0 Å². The Bertz CT molecular complexity index is 1040. The second-order valence-corrected chi connectivity index (χ2v) is 6.48. The van der Waals surface area contributed by atoms with E-state index in [1.807, 2.05) is 13.8 Å². The van der Waals surface area contributed by atoms with Crippen LogP contribution in [-0.4, -0.2) is 27.8 Å². The predicted molar refractivity (Wildman–Crippen MR) is 98.1 cm³/mol. The number of hydrogen-bond acceptors (Lipinski definition) is 3. The number of pyridine rings is 1. The Morgan fingerprint density at radius 2 is 1.89 bits per heavy atom. The van der Waals surface area contributed by atoms with Crippen molar-refractivity contribution in [1.82, 2.24) is 15.3 Å². The summed E-state index contributed by atoms with van der Waals surface area (Å²) in [5, 5.41) is 5.76. The van der Waals surface area contributed by atoms with Gasteiger partial charge in [-0.25, -0.2) is 4.98 Å². The largest absolute Gasteiger partial charge is 0.416 e. The molecule has 0 aliphatic rings. The smallest absolute Gasteiger partial charge is 0.350 e. The zero-order valence-corrected chi connectivity index (χ0v) is 15.0. The number of carbonyl (C=O) groups is 2. The van der Waals surface area contributed by atoms with E-state index in [1.54, 1.807) is 6.07 Å². The number of alkyl halides is 3. The second kappa shape index (κ2) is 7.34. The number of aromatic amines is 1. The fourth-order valence-electron chi connectivity index (χ4n) is 2.64. The van der Waals surface area contributed by atoms with Gasteiger partial charge in [-0.1, -0.05) is 6.07 Å². The average Bonchev–Trinajstić information content (AvgIpc) is 3.04. The molecule has 0 spiro atoms. The number of nitrogens with one attached hydrogen (secondary N) is 3. The normalized spacial score (nSPS) is 11.6. The Morgan fingerprint density at radius 1 is 1.14 bits per heavy atom. The second-order valence-electron chi connectivity index (χ2n) is 6.48. The Kier molecular flexibility index (Phi) is 5.08. The number of amides is 2. The van der Waals surface area contributed by atoms with E-state index in [0.29, 0.717) is 16.6 Å². The molecule has 0 aliphatic carbocycles. The molecule has 3 N–H and O–H groups in total. The molecule has 9 heteroatoms. The van der Waals surface area contributed by atoms with Crippen molar-refractivity contribution in [3.05, 3.63) is 59.4 Å². The van der Waals surface area contributed by atoms with E-state index in [4.69, 9.17) is 0 Å². The molecule has 0 saturated carbocycles. The lowest BCUT2D eigenvalue weighted by atomic mass is 10.1. The van der Waals surface area contributed by atoms with Crippen LogP contribution < -0.4 is 10.6 Å². The average molecular weight is 390 g/mol. The van der Waals surface area contributed by atoms with E-state index in [1.165, 1.54) is 24.5 Å². The molecule has 0 fully saturated rings. The molecule has 2 heterocycles. The van der Waals surface area contributed by atoms with Crippen LogP contribution in [0.3, 0.4) is 0 Å². The molecule has 146 valence electrons. The molecule has 2 aromatic heterocycles. The Labute approximate surface area is 158 Å². The van der Waals surface area contributed by atoms with Gasteiger partial charge in [0.2, 0.25) is 0 Å². The summed E-state index contributed by atoms with van der Waals surface area (Å²) in [6, 6.07) is 5.60. The lowest BCUT2D eigenvalue weighted by Crippen LogP contribution is -2.29. The number of anilines is 1. The van der Waals surface area contributed by atoms with Gasteiger partial charge >= 0.3 is 6.18 Å². The van der Waals surface area contributed by atoms with E-state index in [9.17, 15) is 22.8 Å². The molecule has 2 amide bonds. The van der Waals surface area contributed by atoms with Gasteiger partial charge in [-0.2, -0.15) is 13.2 Å². The van der Waals surface area contributed by atoms with Crippen molar-refractivity contribution >= 4 is 28.5 Å². The van der Waals surface area contributed by atoms with Crippen LogP contribution >= 0.6 is 0 Å². The van der Waals surface area contributed by atoms with Gasteiger partial charge in [0.1, 0.15) is 5.65 Å². The van der Waals surface area contributed by atoms with Crippen LogP contribution in [0.5, 0.6) is 0 Å². The van der Waals surface area contributed by atoms with Crippen molar-refractivity contribution in [2.24, 2.45) is 0 Å². The molecule has 28 heavy (non-hydrogen) atoms. The molecule has 0 saturated heterocycles. The maximum Gasteiger partial charge on any atom is 0.416 e. The van der Waals surface area contributed by atoms with Crippen molar-refractivity contribution in [2.75, 3.05) is 5.32 Å². The number of aromatic nitrogens is 2. The fourth-order valence-corrected chi connectivity index (χ4v) is 2.64. The monoisotopic (exact) mass is 390 g/mol. The maximum absolute atomic E-state index is 12.8. The lowest BCUT2D eigenvalue weighted by Gasteiger charge is -2.10. The van der Waals surface area contributed by atoms with E-state index in [0.717, 1.165) is 12.1 Å². The summed E-state index contributed by atoms with van der Waals surface area (Å²) in [5.74, 6) is -1.01. The first kappa shape index (κ1) is 19.4. The van der Waals surface area contributed by atoms with Gasteiger partial charge in [0.05, 0.1) is 23.0 Å². The molecule has 0 bridgehead atoms. The van der Waals surface area contributed by atoms with E-state index >= 15 is 0 Å². The number of H-pyrrole nitrogens is 1. The first-order chi connectivity index (χ1) is 13.1.